The van der Waals surface area contributed by atoms with Crippen LogP contribution in [-0.2, 0) is 16.4 Å². The quantitative estimate of drug-likeness (QED) is 0.820. The highest BCUT2D eigenvalue weighted by Crippen LogP contribution is 2.26. The Balaban J connectivity index is 2.59. The summed E-state index contributed by atoms with van der Waals surface area (Å²) >= 11 is 3.42. The Bertz CT molecular complexity index is 515. The van der Waals surface area contributed by atoms with Gasteiger partial charge in [0, 0.05) is 6.54 Å². The van der Waals surface area contributed by atoms with E-state index in [1.807, 2.05) is 25.2 Å². The number of hydrogen-bond acceptors (Lipinski definition) is 4. The minimum atomic E-state index is -3.05. The molecule has 0 bridgehead atoms. The molecular weight excluding hydrogens is 330 g/mol. The average molecular weight is 350 g/mol. The summed E-state index contributed by atoms with van der Waals surface area (Å²) in [5.74, 6) is 0.703. The van der Waals surface area contributed by atoms with Crippen LogP contribution in [-0.4, -0.2) is 33.1 Å². The molecule has 1 N–H and O–H groups in total. The first-order chi connectivity index (χ1) is 8.86. The minimum Gasteiger partial charge on any atom is -0.491 e. The predicted octanol–water partition coefficient (Wildman–Crippen LogP) is 2.37. The van der Waals surface area contributed by atoms with E-state index in [9.17, 15) is 8.42 Å². The third kappa shape index (κ3) is 5.12. The van der Waals surface area contributed by atoms with Gasteiger partial charge in [0.1, 0.15) is 12.4 Å². The molecule has 0 heterocycles. The SMILES string of the molecule is CNCc1ccc(OCCS(=O)(=O)C(C)C)c(Br)c1. The highest BCUT2D eigenvalue weighted by atomic mass is 79.9. The van der Waals surface area contributed by atoms with E-state index in [1.165, 1.54) is 0 Å². The van der Waals surface area contributed by atoms with Crippen molar-refractivity contribution in [2.45, 2.75) is 25.6 Å². The molecule has 0 saturated heterocycles. The second-order valence-corrected chi connectivity index (χ2v) is 8.09. The van der Waals surface area contributed by atoms with Crippen molar-refractivity contribution in [1.29, 1.82) is 0 Å². The van der Waals surface area contributed by atoms with E-state index in [4.69, 9.17) is 4.74 Å². The largest absolute Gasteiger partial charge is 0.491 e. The Hall–Kier alpha value is -0.590. The van der Waals surface area contributed by atoms with Crippen molar-refractivity contribution >= 4 is 25.8 Å². The summed E-state index contributed by atoms with van der Waals surface area (Å²) in [5, 5.41) is 2.70. The highest BCUT2D eigenvalue weighted by Gasteiger charge is 2.16. The molecule has 0 amide bonds. The Morgan fingerprint density at radius 3 is 2.58 bits per heavy atom. The molecule has 1 aromatic rings. The van der Waals surface area contributed by atoms with Gasteiger partial charge in [-0.25, -0.2) is 8.42 Å². The lowest BCUT2D eigenvalue weighted by molar-refractivity contribution is 0.338. The van der Waals surface area contributed by atoms with E-state index in [0.717, 1.165) is 16.6 Å². The van der Waals surface area contributed by atoms with Crippen LogP contribution in [0.1, 0.15) is 19.4 Å². The first kappa shape index (κ1) is 16.5. The standard InChI is InChI=1S/C13H20BrNO3S/c1-10(2)19(16,17)7-6-18-13-5-4-11(9-15-3)8-12(13)14/h4-5,8,10,15H,6-7,9H2,1-3H3. The van der Waals surface area contributed by atoms with E-state index in [0.29, 0.717) is 5.75 Å². The number of ether oxygens (including phenoxy) is 1. The predicted molar refractivity (Wildman–Crippen MR) is 81.3 cm³/mol. The van der Waals surface area contributed by atoms with Crippen LogP contribution >= 0.6 is 15.9 Å². The van der Waals surface area contributed by atoms with Crippen molar-refractivity contribution in [1.82, 2.24) is 5.32 Å². The van der Waals surface area contributed by atoms with E-state index in [1.54, 1.807) is 13.8 Å². The molecule has 1 rings (SSSR count). The van der Waals surface area contributed by atoms with Crippen LogP contribution in [0.3, 0.4) is 0 Å². The van der Waals surface area contributed by atoms with Gasteiger partial charge in [0.25, 0.3) is 0 Å². The Labute approximate surface area is 123 Å². The fraction of sp³-hybridized carbons (Fsp3) is 0.538. The van der Waals surface area contributed by atoms with Gasteiger partial charge in [-0.1, -0.05) is 6.07 Å². The van der Waals surface area contributed by atoms with Crippen molar-refractivity contribution in [3.8, 4) is 5.75 Å². The second-order valence-electron chi connectivity index (χ2n) is 4.56. The van der Waals surface area contributed by atoms with Gasteiger partial charge in [-0.05, 0) is 54.5 Å². The molecule has 0 aromatic heterocycles. The summed E-state index contributed by atoms with van der Waals surface area (Å²) in [6.45, 7) is 4.31. The van der Waals surface area contributed by atoms with Crippen molar-refractivity contribution < 1.29 is 13.2 Å². The molecule has 0 radical (unpaired) electrons. The van der Waals surface area contributed by atoms with Gasteiger partial charge in [0.05, 0.1) is 15.5 Å². The monoisotopic (exact) mass is 349 g/mol. The lowest BCUT2D eigenvalue weighted by Gasteiger charge is -2.11. The summed E-state index contributed by atoms with van der Waals surface area (Å²) in [6, 6.07) is 5.76. The van der Waals surface area contributed by atoms with Gasteiger partial charge in [0.15, 0.2) is 9.84 Å². The Kier molecular flexibility index (Phi) is 6.29. The van der Waals surface area contributed by atoms with Gasteiger partial charge in [-0.2, -0.15) is 0 Å². The molecule has 0 spiro atoms. The Morgan fingerprint density at radius 1 is 1.37 bits per heavy atom. The number of nitrogens with one attached hydrogen (secondary N) is 1. The van der Waals surface area contributed by atoms with E-state index in [2.05, 4.69) is 21.2 Å². The molecule has 108 valence electrons. The lowest BCUT2D eigenvalue weighted by atomic mass is 10.2. The normalized spacial score (nSPS) is 11.8. The summed E-state index contributed by atoms with van der Waals surface area (Å²) in [7, 11) is -1.16. The summed E-state index contributed by atoms with van der Waals surface area (Å²) < 4.78 is 29.6. The number of sulfone groups is 1. The first-order valence-electron chi connectivity index (χ1n) is 6.14. The maximum atomic E-state index is 11.6. The molecule has 4 nitrogen and oxygen atoms in total. The minimum absolute atomic E-state index is 0.0371. The zero-order valence-corrected chi connectivity index (χ0v) is 13.8. The fourth-order valence-electron chi connectivity index (χ4n) is 1.48. The van der Waals surface area contributed by atoms with Gasteiger partial charge in [-0.15, -0.1) is 0 Å². The highest BCUT2D eigenvalue weighted by molar-refractivity contribution is 9.10. The second kappa shape index (κ2) is 7.26. The number of benzene rings is 1. The third-order valence-electron chi connectivity index (χ3n) is 2.72. The average Bonchev–Trinajstić information content (AvgIpc) is 2.32. The van der Waals surface area contributed by atoms with Crippen LogP contribution in [0.15, 0.2) is 22.7 Å². The lowest BCUT2D eigenvalue weighted by Crippen LogP contribution is -2.22. The number of rotatable bonds is 7. The number of hydrogen-bond donors (Lipinski definition) is 1. The van der Waals surface area contributed by atoms with Crippen LogP contribution in [0.4, 0.5) is 0 Å². The summed E-state index contributed by atoms with van der Waals surface area (Å²) in [4.78, 5) is 0. The number of halogens is 1. The van der Waals surface area contributed by atoms with Crippen LogP contribution in [0, 0.1) is 0 Å². The third-order valence-corrected chi connectivity index (χ3v) is 5.51. The molecular formula is C13H20BrNO3S. The van der Waals surface area contributed by atoms with Crippen LogP contribution in [0.2, 0.25) is 0 Å². The van der Waals surface area contributed by atoms with Gasteiger partial charge in [-0.3, -0.25) is 0 Å². The molecule has 0 aliphatic heterocycles. The summed E-state index contributed by atoms with van der Waals surface area (Å²) in [5.41, 5.74) is 1.14. The molecule has 0 unspecified atom stereocenters. The van der Waals surface area contributed by atoms with Crippen molar-refractivity contribution in [2.75, 3.05) is 19.4 Å². The van der Waals surface area contributed by atoms with Gasteiger partial charge in [0.2, 0.25) is 0 Å². The van der Waals surface area contributed by atoms with Crippen LogP contribution in [0.25, 0.3) is 0 Å². The first-order valence-corrected chi connectivity index (χ1v) is 8.65. The van der Waals surface area contributed by atoms with E-state index >= 15 is 0 Å². The molecule has 0 aliphatic carbocycles. The van der Waals surface area contributed by atoms with Crippen LogP contribution < -0.4 is 10.1 Å². The zero-order chi connectivity index (χ0) is 14.5. The van der Waals surface area contributed by atoms with Crippen LogP contribution in [0.5, 0.6) is 5.75 Å². The molecule has 6 heteroatoms. The molecule has 0 atom stereocenters. The molecule has 0 saturated carbocycles. The molecule has 1 aromatic carbocycles. The maximum Gasteiger partial charge on any atom is 0.155 e. The Morgan fingerprint density at radius 2 is 2.05 bits per heavy atom. The topological polar surface area (TPSA) is 55.4 Å². The summed E-state index contributed by atoms with van der Waals surface area (Å²) in [6.07, 6.45) is 0. The smallest absolute Gasteiger partial charge is 0.155 e. The maximum absolute atomic E-state index is 11.6. The fourth-order valence-corrected chi connectivity index (χ4v) is 2.81. The zero-order valence-electron chi connectivity index (χ0n) is 11.4. The van der Waals surface area contributed by atoms with E-state index < -0.39 is 9.84 Å². The molecule has 0 aliphatic rings. The van der Waals surface area contributed by atoms with E-state index in [-0.39, 0.29) is 17.6 Å². The molecule has 19 heavy (non-hydrogen) atoms. The van der Waals surface area contributed by atoms with Crippen molar-refractivity contribution in [3.05, 3.63) is 28.2 Å². The van der Waals surface area contributed by atoms with Gasteiger partial charge >= 0.3 is 0 Å². The van der Waals surface area contributed by atoms with Gasteiger partial charge < -0.3 is 10.1 Å². The molecule has 0 fully saturated rings. The van der Waals surface area contributed by atoms with Crippen molar-refractivity contribution in [2.24, 2.45) is 0 Å². The van der Waals surface area contributed by atoms with Crippen molar-refractivity contribution in [3.63, 3.8) is 0 Å².